The molecule has 1 unspecified atom stereocenters. The van der Waals surface area contributed by atoms with Gasteiger partial charge in [-0.15, -0.1) is 0 Å². The fraction of sp³-hybridized carbons (Fsp3) is 0.296. The molecule has 0 bridgehead atoms. The molecule has 168 valence electrons. The van der Waals surface area contributed by atoms with Gasteiger partial charge in [0.15, 0.2) is 0 Å². The van der Waals surface area contributed by atoms with Crippen molar-refractivity contribution in [2.24, 2.45) is 0 Å². The van der Waals surface area contributed by atoms with E-state index < -0.39 is 0 Å². The standard InChI is InChI=1S/C27H32N2O3/c1-3-21(2)32-24-15-9-14-23(19-24)28-20-27(30)29-25-16-7-8-17-26(25)31-18-10-13-22-11-5-4-6-12-22/h4-9,11-12,14-17,19,21,28H,3,10,13,18,20H2,1-2H3,(H,29,30). The van der Waals surface area contributed by atoms with Gasteiger partial charge in [0.25, 0.3) is 0 Å². The molecule has 0 aromatic heterocycles. The molecule has 0 fully saturated rings. The van der Waals surface area contributed by atoms with Gasteiger partial charge < -0.3 is 20.1 Å². The van der Waals surface area contributed by atoms with Crippen LogP contribution in [-0.4, -0.2) is 25.2 Å². The first-order chi connectivity index (χ1) is 15.6. The van der Waals surface area contributed by atoms with Crippen LogP contribution in [0.4, 0.5) is 11.4 Å². The van der Waals surface area contributed by atoms with E-state index >= 15 is 0 Å². The Kier molecular flexibility index (Phi) is 8.99. The maximum absolute atomic E-state index is 12.5. The van der Waals surface area contributed by atoms with Crippen molar-refractivity contribution in [1.82, 2.24) is 0 Å². The van der Waals surface area contributed by atoms with Crippen LogP contribution in [0.25, 0.3) is 0 Å². The Morgan fingerprint density at radius 2 is 1.75 bits per heavy atom. The summed E-state index contributed by atoms with van der Waals surface area (Å²) in [6, 6.07) is 25.5. The fourth-order valence-corrected chi connectivity index (χ4v) is 3.17. The SMILES string of the molecule is CCC(C)Oc1cccc(NCC(=O)Nc2ccccc2OCCCc2ccccc2)c1. The molecular weight excluding hydrogens is 400 g/mol. The Bertz CT molecular complexity index is 975. The van der Waals surface area contributed by atoms with Crippen LogP contribution in [0, 0.1) is 0 Å². The molecule has 32 heavy (non-hydrogen) atoms. The summed E-state index contributed by atoms with van der Waals surface area (Å²) < 4.78 is 11.8. The maximum Gasteiger partial charge on any atom is 0.243 e. The second-order valence-corrected chi connectivity index (χ2v) is 7.70. The van der Waals surface area contributed by atoms with E-state index in [0.717, 1.165) is 30.7 Å². The molecule has 5 nitrogen and oxygen atoms in total. The molecule has 3 aromatic carbocycles. The molecule has 0 aliphatic rings. The molecule has 0 saturated heterocycles. The molecule has 0 aliphatic heterocycles. The first-order valence-electron chi connectivity index (χ1n) is 11.2. The number of aryl methyl sites for hydroxylation is 1. The summed E-state index contributed by atoms with van der Waals surface area (Å²) in [7, 11) is 0. The minimum absolute atomic E-state index is 0.140. The second-order valence-electron chi connectivity index (χ2n) is 7.70. The Balaban J connectivity index is 1.47. The number of rotatable bonds is 12. The quantitative estimate of drug-likeness (QED) is 0.349. The van der Waals surface area contributed by atoms with E-state index in [4.69, 9.17) is 9.47 Å². The van der Waals surface area contributed by atoms with E-state index in [1.165, 1.54) is 5.56 Å². The van der Waals surface area contributed by atoms with Gasteiger partial charge in [0.1, 0.15) is 11.5 Å². The predicted octanol–water partition coefficient (Wildman–Crippen LogP) is 5.93. The van der Waals surface area contributed by atoms with Crippen LogP contribution in [-0.2, 0) is 11.2 Å². The van der Waals surface area contributed by atoms with Crippen molar-refractivity contribution in [2.45, 2.75) is 39.2 Å². The molecule has 0 saturated carbocycles. The van der Waals surface area contributed by atoms with E-state index in [1.807, 2.05) is 73.7 Å². The smallest absolute Gasteiger partial charge is 0.243 e. The van der Waals surface area contributed by atoms with Gasteiger partial charge in [-0.2, -0.15) is 0 Å². The van der Waals surface area contributed by atoms with Crippen molar-refractivity contribution >= 4 is 17.3 Å². The Labute approximate surface area is 190 Å². The summed E-state index contributed by atoms with van der Waals surface area (Å²) in [4.78, 5) is 12.5. The highest BCUT2D eigenvalue weighted by Crippen LogP contribution is 2.24. The zero-order valence-electron chi connectivity index (χ0n) is 18.8. The van der Waals surface area contributed by atoms with Crippen molar-refractivity contribution in [3.8, 4) is 11.5 Å². The zero-order chi connectivity index (χ0) is 22.6. The second kappa shape index (κ2) is 12.4. The number of anilines is 2. The number of carbonyl (C=O) groups excluding carboxylic acids is 1. The minimum Gasteiger partial charge on any atom is -0.491 e. The number of carbonyl (C=O) groups is 1. The van der Waals surface area contributed by atoms with Gasteiger partial charge in [-0.1, -0.05) is 55.5 Å². The van der Waals surface area contributed by atoms with Crippen molar-refractivity contribution < 1.29 is 14.3 Å². The zero-order valence-corrected chi connectivity index (χ0v) is 18.8. The maximum atomic E-state index is 12.5. The molecule has 0 heterocycles. The minimum atomic E-state index is -0.140. The van der Waals surface area contributed by atoms with Gasteiger partial charge in [0.05, 0.1) is 24.9 Å². The summed E-state index contributed by atoms with van der Waals surface area (Å²) in [5.41, 5.74) is 2.81. The topological polar surface area (TPSA) is 59.6 Å². The van der Waals surface area contributed by atoms with Gasteiger partial charge in [-0.25, -0.2) is 0 Å². The normalized spacial score (nSPS) is 11.4. The first-order valence-corrected chi connectivity index (χ1v) is 11.2. The fourth-order valence-electron chi connectivity index (χ4n) is 3.17. The van der Waals surface area contributed by atoms with E-state index in [9.17, 15) is 4.79 Å². The van der Waals surface area contributed by atoms with Crippen molar-refractivity contribution in [3.63, 3.8) is 0 Å². The van der Waals surface area contributed by atoms with Crippen LogP contribution in [0.3, 0.4) is 0 Å². The van der Waals surface area contributed by atoms with Crippen LogP contribution in [0.2, 0.25) is 0 Å². The number of hydrogen-bond acceptors (Lipinski definition) is 4. The molecule has 0 radical (unpaired) electrons. The van der Waals surface area contributed by atoms with E-state index in [2.05, 4.69) is 29.7 Å². The lowest BCUT2D eigenvalue weighted by molar-refractivity contribution is -0.114. The van der Waals surface area contributed by atoms with E-state index in [1.54, 1.807) is 0 Å². The molecule has 3 rings (SSSR count). The monoisotopic (exact) mass is 432 g/mol. The third kappa shape index (κ3) is 7.65. The molecular formula is C27H32N2O3. The number of para-hydroxylation sites is 2. The van der Waals surface area contributed by atoms with Gasteiger partial charge in [-0.05, 0) is 56.0 Å². The number of nitrogens with one attached hydrogen (secondary N) is 2. The lowest BCUT2D eigenvalue weighted by Crippen LogP contribution is -2.22. The Morgan fingerprint density at radius 3 is 2.56 bits per heavy atom. The highest BCUT2D eigenvalue weighted by Gasteiger charge is 2.08. The average Bonchev–Trinajstić information content (AvgIpc) is 2.82. The van der Waals surface area contributed by atoms with Crippen molar-refractivity contribution in [3.05, 3.63) is 84.4 Å². The summed E-state index contributed by atoms with van der Waals surface area (Å²) >= 11 is 0. The molecule has 1 atom stereocenters. The van der Waals surface area contributed by atoms with Crippen LogP contribution >= 0.6 is 0 Å². The Morgan fingerprint density at radius 1 is 0.969 bits per heavy atom. The van der Waals surface area contributed by atoms with Crippen molar-refractivity contribution in [2.75, 3.05) is 23.8 Å². The highest BCUT2D eigenvalue weighted by atomic mass is 16.5. The Hall–Kier alpha value is -3.47. The molecule has 3 aromatic rings. The number of benzene rings is 3. The molecule has 5 heteroatoms. The summed E-state index contributed by atoms with van der Waals surface area (Å²) in [6.07, 6.45) is 2.95. The van der Waals surface area contributed by atoms with Crippen LogP contribution < -0.4 is 20.1 Å². The van der Waals surface area contributed by atoms with Crippen LogP contribution in [0.5, 0.6) is 11.5 Å². The predicted molar refractivity (Wildman–Crippen MR) is 131 cm³/mol. The third-order valence-corrected chi connectivity index (χ3v) is 5.07. The lowest BCUT2D eigenvalue weighted by Gasteiger charge is -2.15. The molecule has 1 amide bonds. The first kappa shape index (κ1) is 23.2. The molecule has 0 aliphatic carbocycles. The van der Waals surface area contributed by atoms with E-state index in [-0.39, 0.29) is 18.6 Å². The van der Waals surface area contributed by atoms with Crippen LogP contribution in [0.15, 0.2) is 78.9 Å². The summed E-state index contributed by atoms with van der Waals surface area (Å²) in [6.45, 7) is 4.86. The van der Waals surface area contributed by atoms with Gasteiger partial charge in [0.2, 0.25) is 5.91 Å². The highest BCUT2D eigenvalue weighted by molar-refractivity contribution is 5.95. The van der Waals surface area contributed by atoms with Gasteiger partial charge in [-0.3, -0.25) is 4.79 Å². The van der Waals surface area contributed by atoms with Crippen molar-refractivity contribution in [1.29, 1.82) is 0 Å². The van der Waals surface area contributed by atoms with Crippen LogP contribution in [0.1, 0.15) is 32.3 Å². The number of ether oxygens (including phenoxy) is 2. The van der Waals surface area contributed by atoms with Gasteiger partial charge >= 0.3 is 0 Å². The van der Waals surface area contributed by atoms with Gasteiger partial charge in [0, 0.05) is 11.8 Å². The number of hydrogen-bond donors (Lipinski definition) is 2. The lowest BCUT2D eigenvalue weighted by atomic mass is 10.1. The number of amides is 1. The largest absolute Gasteiger partial charge is 0.491 e. The summed E-state index contributed by atoms with van der Waals surface area (Å²) in [5.74, 6) is 1.33. The molecule has 2 N–H and O–H groups in total. The third-order valence-electron chi connectivity index (χ3n) is 5.07. The average molecular weight is 433 g/mol. The van der Waals surface area contributed by atoms with E-state index in [0.29, 0.717) is 18.0 Å². The molecule has 0 spiro atoms. The summed E-state index contributed by atoms with van der Waals surface area (Å²) in [5, 5.41) is 6.09.